The van der Waals surface area contributed by atoms with Gasteiger partial charge in [-0.05, 0) is 19.4 Å². The summed E-state index contributed by atoms with van der Waals surface area (Å²) in [7, 11) is 1.94. The highest BCUT2D eigenvalue weighted by Gasteiger charge is 1.95. The number of hydrogen-bond donors (Lipinski definition) is 1. The van der Waals surface area contributed by atoms with Crippen LogP contribution in [0.4, 0.5) is 0 Å². The van der Waals surface area contributed by atoms with Crippen LogP contribution >= 0.6 is 11.6 Å². The highest BCUT2D eigenvalue weighted by Crippen LogP contribution is 2.00. The van der Waals surface area contributed by atoms with Crippen LogP contribution < -0.4 is 5.32 Å². The maximum atomic E-state index is 5.60. The van der Waals surface area contributed by atoms with Gasteiger partial charge in [0.25, 0.3) is 0 Å². The molecule has 1 aromatic rings. The first-order valence-electron chi connectivity index (χ1n) is 5.57. The van der Waals surface area contributed by atoms with Gasteiger partial charge in [-0.2, -0.15) is 5.10 Å². The molecule has 0 aliphatic heterocycles. The molecule has 1 rings (SSSR count). The van der Waals surface area contributed by atoms with E-state index in [2.05, 4.69) is 10.4 Å². The maximum Gasteiger partial charge on any atom is 0.0534 e. The van der Waals surface area contributed by atoms with E-state index in [9.17, 15) is 0 Å². The van der Waals surface area contributed by atoms with Gasteiger partial charge in [0.05, 0.1) is 6.20 Å². The SMILES string of the molecule is Cn1cc(CNCCCCCCCl)cn1. The van der Waals surface area contributed by atoms with E-state index in [4.69, 9.17) is 11.6 Å². The Kier molecular flexibility index (Phi) is 6.44. The monoisotopic (exact) mass is 229 g/mol. The molecule has 0 saturated heterocycles. The fourth-order valence-corrected chi connectivity index (χ4v) is 1.68. The van der Waals surface area contributed by atoms with Crippen LogP contribution in [0.5, 0.6) is 0 Å². The van der Waals surface area contributed by atoms with Gasteiger partial charge in [0.2, 0.25) is 0 Å². The van der Waals surface area contributed by atoms with Crippen molar-refractivity contribution in [2.75, 3.05) is 12.4 Å². The van der Waals surface area contributed by atoms with Crippen LogP contribution in [0.15, 0.2) is 12.4 Å². The molecule has 3 nitrogen and oxygen atoms in total. The smallest absolute Gasteiger partial charge is 0.0534 e. The van der Waals surface area contributed by atoms with Gasteiger partial charge in [-0.3, -0.25) is 4.68 Å². The average molecular weight is 230 g/mol. The fourth-order valence-electron chi connectivity index (χ4n) is 1.49. The van der Waals surface area contributed by atoms with Gasteiger partial charge in [0.1, 0.15) is 0 Å². The Balaban J connectivity index is 1.93. The molecule has 0 bridgehead atoms. The summed E-state index contributed by atoms with van der Waals surface area (Å²) < 4.78 is 1.83. The summed E-state index contributed by atoms with van der Waals surface area (Å²) in [5, 5.41) is 7.52. The first kappa shape index (κ1) is 12.5. The molecular formula is C11H20ClN3. The Bertz CT molecular complexity index is 260. The summed E-state index contributed by atoms with van der Waals surface area (Å²) in [6, 6.07) is 0. The second-order valence-electron chi connectivity index (χ2n) is 3.80. The molecule has 86 valence electrons. The Morgan fingerprint density at radius 3 is 2.80 bits per heavy atom. The fraction of sp³-hybridized carbons (Fsp3) is 0.727. The molecule has 0 amide bonds. The van der Waals surface area contributed by atoms with Crippen molar-refractivity contribution in [3.63, 3.8) is 0 Å². The number of unbranched alkanes of at least 4 members (excludes halogenated alkanes) is 3. The van der Waals surface area contributed by atoms with Gasteiger partial charge < -0.3 is 5.32 Å². The molecule has 0 atom stereocenters. The topological polar surface area (TPSA) is 29.9 Å². The molecule has 0 spiro atoms. The van der Waals surface area contributed by atoms with Crippen LogP contribution in [0.25, 0.3) is 0 Å². The predicted octanol–water partition coefficient (Wildman–Crippen LogP) is 2.31. The summed E-state index contributed by atoms with van der Waals surface area (Å²) in [6.45, 7) is 2.00. The summed E-state index contributed by atoms with van der Waals surface area (Å²) >= 11 is 5.60. The van der Waals surface area contributed by atoms with E-state index in [1.54, 1.807) is 0 Å². The van der Waals surface area contributed by atoms with Crippen LogP contribution in [0, 0.1) is 0 Å². The highest BCUT2D eigenvalue weighted by molar-refractivity contribution is 6.17. The summed E-state index contributed by atoms with van der Waals surface area (Å²) in [6.07, 6.45) is 8.84. The molecule has 0 radical (unpaired) electrons. The first-order valence-corrected chi connectivity index (χ1v) is 6.10. The van der Waals surface area contributed by atoms with Gasteiger partial charge >= 0.3 is 0 Å². The third-order valence-electron chi connectivity index (χ3n) is 2.32. The van der Waals surface area contributed by atoms with Crippen LogP contribution in [0.1, 0.15) is 31.2 Å². The molecule has 0 aliphatic carbocycles. The number of aryl methyl sites for hydroxylation is 1. The largest absolute Gasteiger partial charge is 0.313 e. The standard InChI is InChI=1S/C11H20ClN3/c1-15-10-11(9-14-15)8-13-7-5-3-2-4-6-12/h9-10,13H,2-8H2,1H3. The molecule has 0 unspecified atom stereocenters. The molecule has 15 heavy (non-hydrogen) atoms. The Morgan fingerprint density at radius 1 is 1.33 bits per heavy atom. The normalized spacial score (nSPS) is 10.8. The van der Waals surface area contributed by atoms with Crippen LogP contribution in [0.2, 0.25) is 0 Å². The molecule has 4 heteroatoms. The van der Waals surface area contributed by atoms with Crippen LogP contribution in [-0.4, -0.2) is 22.2 Å². The molecule has 1 heterocycles. The number of aromatic nitrogens is 2. The summed E-state index contributed by atoms with van der Waals surface area (Å²) in [5.41, 5.74) is 1.25. The number of alkyl halides is 1. The molecule has 0 saturated carbocycles. The number of hydrogen-bond acceptors (Lipinski definition) is 2. The minimum Gasteiger partial charge on any atom is -0.313 e. The molecule has 0 aliphatic rings. The number of nitrogens with zero attached hydrogens (tertiary/aromatic N) is 2. The van der Waals surface area contributed by atoms with Crippen molar-refractivity contribution in [3.8, 4) is 0 Å². The minimum atomic E-state index is 0.795. The highest BCUT2D eigenvalue weighted by atomic mass is 35.5. The molecule has 0 fully saturated rings. The lowest BCUT2D eigenvalue weighted by Gasteiger charge is -2.02. The van der Waals surface area contributed by atoms with Gasteiger partial charge in [0, 0.05) is 31.2 Å². The van der Waals surface area contributed by atoms with Crippen molar-refractivity contribution in [2.24, 2.45) is 7.05 Å². The third-order valence-corrected chi connectivity index (χ3v) is 2.59. The van der Waals surface area contributed by atoms with Crippen LogP contribution in [-0.2, 0) is 13.6 Å². The van der Waals surface area contributed by atoms with Crippen molar-refractivity contribution < 1.29 is 0 Å². The van der Waals surface area contributed by atoms with Crippen molar-refractivity contribution in [2.45, 2.75) is 32.2 Å². The van der Waals surface area contributed by atoms with E-state index in [0.717, 1.165) is 25.4 Å². The van der Waals surface area contributed by atoms with Crippen LogP contribution in [0.3, 0.4) is 0 Å². The average Bonchev–Trinajstić information content (AvgIpc) is 2.63. The van der Waals surface area contributed by atoms with Gasteiger partial charge in [-0.25, -0.2) is 0 Å². The first-order chi connectivity index (χ1) is 7.33. The number of rotatable bonds is 8. The number of halogens is 1. The zero-order valence-electron chi connectivity index (χ0n) is 9.38. The third kappa shape index (κ3) is 5.80. The van der Waals surface area contributed by atoms with E-state index in [0.29, 0.717) is 0 Å². The van der Waals surface area contributed by atoms with Gasteiger partial charge in [-0.15, -0.1) is 11.6 Å². The Morgan fingerprint density at radius 2 is 2.13 bits per heavy atom. The lowest BCUT2D eigenvalue weighted by molar-refractivity contribution is 0.599. The summed E-state index contributed by atoms with van der Waals surface area (Å²) in [4.78, 5) is 0. The zero-order valence-corrected chi connectivity index (χ0v) is 10.1. The molecule has 1 aromatic heterocycles. The Labute approximate surface area is 96.8 Å². The molecule has 1 N–H and O–H groups in total. The van der Waals surface area contributed by atoms with Crippen molar-refractivity contribution >= 4 is 11.6 Å². The lowest BCUT2D eigenvalue weighted by atomic mass is 10.2. The Hall–Kier alpha value is -0.540. The second kappa shape index (κ2) is 7.71. The van der Waals surface area contributed by atoms with E-state index in [1.165, 1.54) is 24.8 Å². The maximum absolute atomic E-state index is 5.60. The van der Waals surface area contributed by atoms with Crippen molar-refractivity contribution in [3.05, 3.63) is 18.0 Å². The van der Waals surface area contributed by atoms with E-state index < -0.39 is 0 Å². The second-order valence-corrected chi connectivity index (χ2v) is 4.18. The van der Waals surface area contributed by atoms with E-state index >= 15 is 0 Å². The van der Waals surface area contributed by atoms with E-state index in [-0.39, 0.29) is 0 Å². The van der Waals surface area contributed by atoms with Gasteiger partial charge in [0.15, 0.2) is 0 Å². The van der Waals surface area contributed by atoms with Crippen molar-refractivity contribution in [1.29, 1.82) is 0 Å². The minimum absolute atomic E-state index is 0.795. The van der Waals surface area contributed by atoms with E-state index in [1.807, 2.05) is 24.1 Å². The molecular weight excluding hydrogens is 210 g/mol. The lowest BCUT2D eigenvalue weighted by Crippen LogP contribution is -2.14. The van der Waals surface area contributed by atoms with Crippen molar-refractivity contribution in [1.82, 2.24) is 15.1 Å². The summed E-state index contributed by atoms with van der Waals surface area (Å²) in [5.74, 6) is 0.795. The quantitative estimate of drug-likeness (QED) is 0.548. The predicted molar refractivity (Wildman–Crippen MR) is 64.1 cm³/mol. The zero-order chi connectivity index (χ0) is 10.9. The number of nitrogens with one attached hydrogen (secondary N) is 1. The van der Waals surface area contributed by atoms with Gasteiger partial charge in [-0.1, -0.05) is 12.8 Å². The molecule has 0 aromatic carbocycles.